The van der Waals surface area contributed by atoms with E-state index < -0.39 is 5.60 Å². The summed E-state index contributed by atoms with van der Waals surface area (Å²) in [6.07, 6.45) is 2.13. The van der Waals surface area contributed by atoms with Crippen LogP contribution in [-0.2, 0) is 5.60 Å². The summed E-state index contributed by atoms with van der Waals surface area (Å²) in [6, 6.07) is 5.58. The third-order valence-corrected chi connectivity index (χ3v) is 3.31. The minimum absolute atomic E-state index is 0.317. The molecule has 1 aromatic rings. The average molecular weight is 222 g/mol. The lowest BCUT2D eigenvalue weighted by Crippen LogP contribution is -2.25. The molecule has 1 aliphatic carbocycles. The SMILES string of the molecule is COc1cccc(OC)c1C(C)(O)C1CC1. The van der Waals surface area contributed by atoms with Crippen LogP contribution in [0.25, 0.3) is 0 Å². The zero-order valence-corrected chi connectivity index (χ0v) is 9.99. The normalized spacial score (nSPS) is 19.0. The predicted octanol–water partition coefficient (Wildman–Crippen LogP) is 2.32. The lowest BCUT2D eigenvalue weighted by molar-refractivity contribution is 0.0282. The Hall–Kier alpha value is -1.22. The van der Waals surface area contributed by atoms with Crippen LogP contribution in [0.1, 0.15) is 25.3 Å². The molecule has 3 nitrogen and oxygen atoms in total. The van der Waals surface area contributed by atoms with Gasteiger partial charge in [0.15, 0.2) is 0 Å². The third kappa shape index (κ3) is 1.76. The number of rotatable bonds is 4. The van der Waals surface area contributed by atoms with Crippen LogP contribution in [0.5, 0.6) is 11.5 Å². The third-order valence-electron chi connectivity index (χ3n) is 3.31. The highest BCUT2D eigenvalue weighted by molar-refractivity contribution is 5.49. The van der Waals surface area contributed by atoms with Gasteiger partial charge in [-0.2, -0.15) is 0 Å². The second-order valence-corrected chi connectivity index (χ2v) is 4.46. The molecule has 1 saturated carbocycles. The predicted molar refractivity (Wildman–Crippen MR) is 61.8 cm³/mol. The van der Waals surface area contributed by atoms with Crippen molar-refractivity contribution in [1.82, 2.24) is 0 Å². The van der Waals surface area contributed by atoms with E-state index in [-0.39, 0.29) is 0 Å². The number of hydrogen-bond donors (Lipinski definition) is 1. The van der Waals surface area contributed by atoms with Crippen LogP contribution in [0.3, 0.4) is 0 Å². The van der Waals surface area contributed by atoms with Crippen molar-refractivity contribution in [3.63, 3.8) is 0 Å². The fraction of sp³-hybridized carbons (Fsp3) is 0.538. The molecule has 0 aromatic heterocycles. The summed E-state index contributed by atoms with van der Waals surface area (Å²) in [5, 5.41) is 10.6. The maximum Gasteiger partial charge on any atom is 0.128 e. The standard InChI is InChI=1S/C13H18O3/c1-13(14,9-7-8-9)12-10(15-2)5-4-6-11(12)16-3/h4-6,9,14H,7-8H2,1-3H3. The van der Waals surface area contributed by atoms with Gasteiger partial charge in [-0.15, -0.1) is 0 Å². The van der Waals surface area contributed by atoms with Crippen molar-refractivity contribution < 1.29 is 14.6 Å². The molecular weight excluding hydrogens is 204 g/mol. The molecule has 1 aliphatic rings. The van der Waals surface area contributed by atoms with E-state index in [2.05, 4.69) is 0 Å². The van der Waals surface area contributed by atoms with E-state index >= 15 is 0 Å². The minimum atomic E-state index is -0.863. The summed E-state index contributed by atoms with van der Waals surface area (Å²) in [4.78, 5) is 0. The van der Waals surface area contributed by atoms with Gasteiger partial charge in [0, 0.05) is 0 Å². The van der Waals surface area contributed by atoms with Gasteiger partial charge in [-0.3, -0.25) is 0 Å². The Labute approximate surface area is 96.0 Å². The number of methoxy groups -OCH3 is 2. The van der Waals surface area contributed by atoms with Crippen LogP contribution in [-0.4, -0.2) is 19.3 Å². The van der Waals surface area contributed by atoms with E-state index in [1.807, 2.05) is 25.1 Å². The molecule has 0 aliphatic heterocycles. The van der Waals surface area contributed by atoms with Crippen molar-refractivity contribution in [1.29, 1.82) is 0 Å². The largest absolute Gasteiger partial charge is 0.496 e. The summed E-state index contributed by atoms with van der Waals surface area (Å²) < 4.78 is 10.6. The van der Waals surface area contributed by atoms with Gasteiger partial charge in [0.2, 0.25) is 0 Å². The van der Waals surface area contributed by atoms with Crippen LogP contribution >= 0.6 is 0 Å². The van der Waals surface area contributed by atoms with Gasteiger partial charge in [0.1, 0.15) is 11.5 Å². The molecule has 1 atom stereocenters. The maximum absolute atomic E-state index is 10.6. The summed E-state index contributed by atoms with van der Waals surface area (Å²) in [6.45, 7) is 1.84. The van der Waals surface area contributed by atoms with Crippen LogP contribution in [0, 0.1) is 5.92 Å². The number of ether oxygens (including phenoxy) is 2. The lowest BCUT2D eigenvalue weighted by Gasteiger charge is -2.27. The summed E-state index contributed by atoms with van der Waals surface area (Å²) in [5.41, 5.74) is -0.0969. The number of hydrogen-bond acceptors (Lipinski definition) is 3. The molecule has 1 fully saturated rings. The number of benzene rings is 1. The molecule has 2 rings (SSSR count). The van der Waals surface area contributed by atoms with Crippen molar-refractivity contribution in [2.75, 3.05) is 14.2 Å². The highest BCUT2D eigenvalue weighted by Gasteiger charge is 2.44. The minimum Gasteiger partial charge on any atom is -0.496 e. The van der Waals surface area contributed by atoms with E-state index in [0.29, 0.717) is 17.4 Å². The Morgan fingerprint density at radius 2 is 1.69 bits per heavy atom. The first-order valence-corrected chi connectivity index (χ1v) is 5.55. The van der Waals surface area contributed by atoms with E-state index in [9.17, 15) is 5.11 Å². The van der Waals surface area contributed by atoms with Gasteiger partial charge in [-0.1, -0.05) is 6.07 Å². The Morgan fingerprint density at radius 3 is 2.06 bits per heavy atom. The van der Waals surface area contributed by atoms with Crippen LogP contribution in [0.4, 0.5) is 0 Å². The monoisotopic (exact) mass is 222 g/mol. The molecule has 0 saturated heterocycles. The molecule has 0 heterocycles. The fourth-order valence-corrected chi connectivity index (χ4v) is 2.20. The Kier molecular flexibility index (Phi) is 2.80. The summed E-state index contributed by atoms with van der Waals surface area (Å²) in [7, 11) is 3.22. The van der Waals surface area contributed by atoms with E-state index in [1.54, 1.807) is 14.2 Å². The molecule has 3 heteroatoms. The highest BCUT2D eigenvalue weighted by Crippen LogP contribution is 2.50. The molecule has 0 radical (unpaired) electrons. The van der Waals surface area contributed by atoms with Gasteiger partial charge >= 0.3 is 0 Å². The average Bonchev–Trinajstić information content (AvgIpc) is 3.11. The van der Waals surface area contributed by atoms with Crippen molar-refractivity contribution in [2.24, 2.45) is 5.92 Å². The molecular formula is C13H18O3. The molecule has 0 spiro atoms. The molecule has 0 bridgehead atoms. The highest BCUT2D eigenvalue weighted by atomic mass is 16.5. The first-order chi connectivity index (χ1) is 7.61. The smallest absolute Gasteiger partial charge is 0.128 e. The van der Waals surface area contributed by atoms with Gasteiger partial charge in [0.25, 0.3) is 0 Å². The quantitative estimate of drug-likeness (QED) is 0.849. The van der Waals surface area contributed by atoms with E-state index in [0.717, 1.165) is 18.4 Å². The Morgan fingerprint density at radius 1 is 1.19 bits per heavy atom. The molecule has 0 amide bonds. The van der Waals surface area contributed by atoms with Gasteiger partial charge in [0.05, 0.1) is 25.4 Å². The maximum atomic E-state index is 10.6. The summed E-state index contributed by atoms with van der Waals surface area (Å²) in [5.74, 6) is 1.70. The van der Waals surface area contributed by atoms with Crippen LogP contribution in [0.2, 0.25) is 0 Å². The number of aliphatic hydroxyl groups is 1. The van der Waals surface area contributed by atoms with Crippen molar-refractivity contribution >= 4 is 0 Å². The molecule has 1 aromatic carbocycles. The van der Waals surface area contributed by atoms with Crippen LogP contribution in [0.15, 0.2) is 18.2 Å². The fourth-order valence-electron chi connectivity index (χ4n) is 2.20. The second-order valence-electron chi connectivity index (χ2n) is 4.46. The van der Waals surface area contributed by atoms with Crippen LogP contribution < -0.4 is 9.47 Å². The topological polar surface area (TPSA) is 38.7 Å². The van der Waals surface area contributed by atoms with E-state index in [1.165, 1.54) is 0 Å². The van der Waals surface area contributed by atoms with Crippen molar-refractivity contribution in [3.05, 3.63) is 23.8 Å². The summed E-state index contributed by atoms with van der Waals surface area (Å²) >= 11 is 0. The van der Waals surface area contributed by atoms with Crippen molar-refractivity contribution in [3.8, 4) is 11.5 Å². The molecule has 88 valence electrons. The molecule has 1 N–H and O–H groups in total. The van der Waals surface area contributed by atoms with E-state index in [4.69, 9.17) is 9.47 Å². The van der Waals surface area contributed by atoms with Gasteiger partial charge < -0.3 is 14.6 Å². The zero-order chi connectivity index (χ0) is 11.8. The lowest BCUT2D eigenvalue weighted by atomic mass is 9.89. The Balaban J connectivity index is 2.51. The first kappa shape index (κ1) is 11.3. The van der Waals surface area contributed by atoms with Gasteiger partial charge in [-0.05, 0) is 37.8 Å². The molecule has 1 unspecified atom stereocenters. The van der Waals surface area contributed by atoms with Crippen molar-refractivity contribution in [2.45, 2.75) is 25.4 Å². The first-order valence-electron chi connectivity index (χ1n) is 5.55. The molecule has 16 heavy (non-hydrogen) atoms. The second kappa shape index (κ2) is 3.98. The van der Waals surface area contributed by atoms with Gasteiger partial charge in [-0.25, -0.2) is 0 Å². The zero-order valence-electron chi connectivity index (χ0n) is 9.99. The Bertz CT molecular complexity index is 359.